The van der Waals surface area contributed by atoms with Crippen LogP contribution in [0, 0.1) is 24.7 Å². The van der Waals surface area contributed by atoms with Crippen LogP contribution in [0.3, 0.4) is 0 Å². The third kappa shape index (κ3) is 1.91. The number of anilines is 1. The fraction of sp³-hybridized carbons (Fsp3) is 0.650. The number of alkyl halides is 3. The summed E-state index contributed by atoms with van der Waals surface area (Å²) in [4.78, 5) is 14.5. The largest absolute Gasteiger partial charge is 0.430 e. The second-order valence-electron chi connectivity index (χ2n) is 9.01. The Morgan fingerprint density at radius 1 is 1.08 bits per heavy atom. The normalized spacial score (nSPS) is 41.0. The third-order valence-corrected chi connectivity index (χ3v) is 7.19. The molecule has 5 aliphatic rings. The lowest BCUT2D eigenvalue weighted by atomic mass is 9.52. The van der Waals surface area contributed by atoms with Crippen LogP contribution in [-0.2, 0) is 10.4 Å². The van der Waals surface area contributed by atoms with Gasteiger partial charge in [0.1, 0.15) is 0 Å². The van der Waals surface area contributed by atoms with E-state index < -0.39 is 23.2 Å². The molecule has 0 saturated heterocycles. The Morgan fingerprint density at radius 3 is 2.12 bits per heavy atom. The standard InChI is InChI=1S/C20H22F3NO2/c1-11-2-3-16-15(4-11)19(26,20(21,22)23)17(25)24(16)18-8-12-5-13(9-18)7-14(6-12)10-18/h2-4,12-14,26H,5-10H2,1H3. The summed E-state index contributed by atoms with van der Waals surface area (Å²) >= 11 is 0. The number of benzene rings is 1. The van der Waals surface area contributed by atoms with E-state index in [-0.39, 0.29) is 11.3 Å². The van der Waals surface area contributed by atoms with E-state index in [0.717, 1.165) is 38.5 Å². The van der Waals surface area contributed by atoms with E-state index in [2.05, 4.69) is 0 Å². The van der Waals surface area contributed by atoms with E-state index in [4.69, 9.17) is 0 Å². The lowest BCUT2D eigenvalue weighted by Crippen LogP contribution is -2.64. The maximum Gasteiger partial charge on any atom is 0.430 e. The van der Waals surface area contributed by atoms with Crippen LogP contribution in [0.25, 0.3) is 0 Å². The average molecular weight is 365 g/mol. The van der Waals surface area contributed by atoms with Gasteiger partial charge in [0.15, 0.2) is 0 Å². The van der Waals surface area contributed by atoms with Crippen LogP contribution < -0.4 is 4.90 Å². The summed E-state index contributed by atoms with van der Waals surface area (Å²) in [6.07, 6.45) is 0.621. The summed E-state index contributed by atoms with van der Waals surface area (Å²) in [5.74, 6) is 0.264. The Labute approximate surface area is 150 Å². The minimum atomic E-state index is -5.04. The number of rotatable bonds is 1. The minimum absolute atomic E-state index is 0.252. The Kier molecular flexibility index (Phi) is 3.08. The summed E-state index contributed by atoms with van der Waals surface area (Å²) in [5, 5.41) is 10.6. The lowest BCUT2D eigenvalue weighted by molar-refractivity contribution is -0.253. The zero-order chi connectivity index (χ0) is 18.5. The molecule has 6 rings (SSSR count). The molecule has 0 aromatic heterocycles. The molecule has 1 N–H and O–H groups in total. The molecule has 1 aliphatic heterocycles. The van der Waals surface area contributed by atoms with Gasteiger partial charge in [-0.15, -0.1) is 0 Å². The number of aliphatic hydroxyl groups is 1. The topological polar surface area (TPSA) is 40.5 Å². The van der Waals surface area contributed by atoms with Gasteiger partial charge < -0.3 is 10.0 Å². The predicted molar refractivity (Wildman–Crippen MR) is 89.5 cm³/mol. The van der Waals surface area contributed by atoms with Gasteiger partial charge in [-0.25, -0.2) is 0 Å². The van der Waals surface area contributed by atoms with Crippen molar-refractivity contribution in [1.29, 1.82) is 0 Å². The number of hydrogen-bond acceptors (Lipinski definition) is 2. The molecule has 26 heavy (non-hydrogen) atoms. The Bertz CT molecular complexity index is 767. The number of carbonyl (C=O) groups excluding carboxylic acids is 1. The zero-order valence-corrected chi connectivity index (χ0v) is 14.6. The SMILES string of the molecule is Cc1ccc2c(c1)C(O)(C(F)(F)F)C(=O)N2C12CC3CC(CC(C3)C1)C2. The number of nitrogens with zero attached hydrogens (tertiary/aromatic N) is 1. The second kappa shape index (κ2) is 4.83. The van der Waals surface area contributed by atoms with Crippen LogP contribution in [0.1, 0.15) is 49.7 Å². The van der Waals surface area contributed by atoms with Crippen molar-refractivity contribution >= 4 is 11.6 Å². The van der Waals surface area contributed by atoms with Crippen molar-refractivity contribution < 1.29 is 23.1 Å². The van der Waals surface area contributed by atoms with Crippen molar-refractivity contribution in [1.82, 2.24) is 0 Å². The van der Waals surface area contributed by atoms with Gasteiger partial charge in [-0.05, 0) is 69.3 Å². The van der Waals surface area contributed by atoms with Crippen molar-refractivity contribution in [2.45, 2.75) is 62.8 Å². The van der Waals surface area contributed by atoms with Gasteiger partial charge in [0.2, 0.25) is 0 Å². The minimum Gasteiger partial charge on any atom is -0.368 e. The van der Waals surface area contributed by atoms with Crippen LogP contribution in [0.2, 0.25) is 0 Å². The fourth-order valence-electron chi connectivity index (χ4n) is 6.60. The van der Waals surface area contributed by atoms with Crippen molar-refractivity contribution in [3.05, 3.63) is 29.3 Å². The van der Waals surface area contributed by atoms with Crippen LogP contribution in [-0.4, -0.2) is 22.7 Å². The van der Waals surface area contributed by atoms with Crippen LogP contribution in [0.4, 0.5) is 18.9 Å². The first-order valence-corrected chi connectivity index (χ1v) is 9.39. The highest BCUT2D eigenvalue weighted by Crippen LogP contribution is 2.62. The second-order valence-corrected chi connectivity index (χ2v) is 9.01. The van der Waals surface area contributed by atoms with Gasteiger partial charge in [0, 0.05) is 11.1 Å². The van der Waals surface area contributed by atoms with Gasteiger partial charge in [-0.2, -0.15) is 13.2 Å². The van der Waals surface area contributed by atoms with Crippen LogP contribution in [0.5, 0.6) is 0 Å². The maximum absolute atomic E-state index is 13.9. The molecule has 6 heteroatoms. The summed E-state index contributed by atoms with van der Waals surface area (Å²) in [6.45, 7) is 1.68. The van der Waals surface area contributed by atoms with Crippen molar-refractivity contribution in [3.8, 4) is 0 Å². The van der Waals surface area contributed by atoms with E-state index in [1.165, 1.54) is 11.0 Å². The summed E-state index contributed by atoms with van der Waals surface area (Å²) in [6, 6.07) is 4.63. The molecule has 3 nitrogen and oxygen atoms in total. The highest BCUT2D eigenvalue weighted by molar-refractivity contribution is 6.08. The number of carbonyl (C=O) groups is 1. The van der Waals surface area contributed by atoms with E-state index in [0.29, 0.717) is 23.3 Å². The summed E-state index contributed by atoms with van der Waals surface area (Å²) < 4.78 is 41.6. The molecule has 1 aromatic rings. The number of fused-ring (bicyclic) bond motifs is 1. The van der Waals surface area contributed by atoms with Gasteiger partial charge in [0.05, 0.1) is 5.69 Å². The van der Waals surface area contributed by atoms with Gasteiger partial charge in [0.25, 0.3) is 11.5 Å². The number of amides is 1. The lowest BCUT2D eigenvalue weighted by Gasteiger charge is -2.59. The Balaban J connectivity index is 1.69. The maximum atomic E-state index is 13.9. The van der Waals surface area contributed by atoms with Gasteiger partial charge in [-0.1, -0.05) is 17.7 Å². The van der Waals surface area contributed by atoms with Crippen molar-refractivity contribution in [3.63, 3.8) is 0 Å². The molecule has 0 radical (unpaired) electrons. The van der Waals surface area contributed by atoms with Gasteiger partial charge in [-0.3, -0.25) is 4.79 Å². The van der Waals surface area contributed by atoms with Crippen LogP contribution >= 0.6 is 0 Å². The summed E-state index contributed by atoms with van der Waals surface area (Å²) in [7, 11) is 0. The molecule has 4 fully saturated rings. The molecule has 4 saturated carbocycles. The monoisotopic (exact) mass is 365 g/mol. The first-order chi connectivity index (χ1) is 12.1. The average Bonchev–Trinajstić information content (AvgIpc) is 2.75. The van der Waals surface area contributed by atoms with Crippen molar-refractivity contribution in [2.24, 2.45) is 17.8 Å². The molecule has 140 valence electrons. The van der Waals surface area contributed by atoms with E-state index in [9.17, 15) is 23.1 Å². The highest BCUT2D eigenvalue weighted by atomic mass is 19.4. The van der Waals surface area contributed by atoms with E-state index >= 15 is 0 Å². The van der Waals surface area contributed by atoms with Crippen molar-refractivity contribution in [2.75, 3.05) is 4.90 Å². The quantitative estimate of drug-likeness (QED) is 0.815. The first kappa shape index (κ1) is 16.6. The fourth-order valence-corrected chi connectivity index (χ4v) is 6.60. The molecule has 1 aromatic carbocycles. The molecule has 1 atom stereocenters. The molecule has 1 amide bonds. The molecule has 4 bridgehead atoms. The van der Waals surface area contributed by atoms with Gasteiger partial charge >= 0.3 is 6.18 Å². The molecule has 1 unspecified atom stereocenters. The molecule has 0 spiro atoms. The Morgan fingerprint density at radius 2 is 1.62 bits per heavy atom. The third-order valence-electron chi connectivity index (χ3n) is 7.19. The molecular weight excluding hydrogens is 343 g/mol. The highest BCUT2D eigenvalue weighted by Gasteiger charge is 2.70. The number of hydrogen-bond donors (Lipinski definition) is 1. The zero-order valence-electron chi connectivity index (χ0n) is 14.6. The number of aryl methyl sites for hydroxylation is 1. The first-order valence-electron chi connectivity index (χ1n) is 9.39. The van der Waals surface area contributed by atoms with Crippen LogP contribution in [0.15, 0.2) is 18.2 Å². The van der Waals surface area contributed by atoms with E-state index in [1.807, 2.05) is 0 Å². The predicted octanol–water partition coefficient (Wildman–Crippen LogP) is 4.06. The Hall–Kier alpha value is -1.56. The molecule has 4 aliphatic carbocycles. The smallest absolute Gasteiger partial charge is 0.368 e. The molecule has 1 heterocycles. The molecular formula is C20H22F3NO2. The number of halogens is 3. The summed E-state index contributed by atoms with van der Waals surface area (Å²) in [5.41, 5.74) is -3.44. The van der Waals surface area contributed by atoms with E-state index in [1.54, 1.807) is 19.1 Å².